The van der Waals surface area contributed by atoms with Crippen LogP contribution in [0.5, 0.6) is 0 Å². The highest BCUT2D eigenvalue weighted by atomic mass is 16.5. The zero-order valence-corrected chi connectivity index (χ0v) is 14.4. The lowest BCUT2D eigenvalue weighted by Crippen LogP contribution is -2.26. The van der Waals surface area contributed by atoms with E-state index in [0.717, 1.165) is 37.1 Å². The molecule has 0 spiro atoms. The summed E-state index contributed by atoms with van der Waals surface area (Å²) in [5, 5.41) is 21.5. The number of nitrogens with one attached hydrogen (secondary N) is 1. The minimum absolute atomic E-state index is 0.00783. The first kappa shape index (κ1) is 19.2. The van der Waals surface area contributed by atoms with E-state index in [4.69, 9.17) is 9.84 Å². The van der Waals surface area contributed by atoms with E-state index < -0.39 is 5.97 Å². The molecule has 1 rings (SSSR count). The maximum absolute atomic E-state index is 12.1. The van der Waals surface area contributed by atoms with Crippen LogP contribution in [0.25, 0.3) is 0 Å². The zero-order chi connectivity index (χ0) is 17.3. The first-order chi connectivity index (χ1) is 10.9. The van der Waals surface area contributed by atoms with E-state index in [2.05, 4.69) is 26.1 Å². The molecule has 0 aromatic rings. The molecule has 0 saturated heterocycles. The van der Waals surface area contributed by atoms with Crippen LogP contribution in [0.15, 0.2) is 22.9 Å². The van der Waals surface area contributed by atoms with Crippen molar-refractivity contribution < 1.29 is 14.6 Å². The van der Waals surface area contributed by atoms with Crippen molar-refractivity contribution in [1.82, 2.24) is 5.32 Å². The number of hydrogen-bond acceptors (Lipinski definition) is 5. The normalized spacial score (nSPS) is 18.7. The van der Waals surface area contributed by atoms with Gasteiger partial charge in [0, 0.05) is 25.3 Å². The number of aliphatic hydroxyl groups excluding tert-OH is 1. The highest BCUT2D eigenvalue weighted by molar-refractivity contribution is 5.94. The SMILES string of the molecule is CCCCNC1=C/C(=C(/C#N)C(=O)OCCCO)CC(C)(C)C1. The lowest BCUT2D eigenvalue weighted by Gasteiger charge is -2.32. The standard InChI is InChI=1S/C18H28N2O3/c1-4-5-7-20-15-10-14(11-18(2,3)12-15)16(13-19)17(22)23-9-6-8-21/h10,20-21H,4-9,11-12H2,1-3H3/b16-14+. The van der Waals surface area contributed by atoms with Gasteiger partial charge in [-0.25, -0.2) is 4.79 Å². The molecule has 5 nitrogen and oxygen atoms in total. The molecule has 0 radical (unpaired) electrons. The van der Waals surface area contributed by atoms with Crippen molar-refractivity contribution in [3.63, 3.8) is 0 Å². The van der Waals surface area contributed by atoms with Crippen molar-refractivity contribution in [2.24, 2.45) is 5.41 Å². The molecule has 0 amide bonds. The molecule has 0 heterocycles. The molecular formula is C18H28N2O3. The summed E-state index contributed by atoms with van der Waals surface area (Å²) in [6, 6.07) is 1.99. The van der Waals surface area contributed by atoms with Gasteiger partial charge in [0.15, 0.2) is 0 Å². The van der Waals surface area contributed by atoms with Crippen molar-refractivity contribution in [1.29, 1.82) is 5.26 Å². The molecule has 2 N–H and O–H groups in total. The quantitative estimate of drug-likeness (QED) is 0.311. The first-order valence-electron chi connectivity index (χ1n) is 8.29. The Labute approximate surface area is 139 Å². The summed E-state index contributed by atoms with van der Waals surface area (Å²) in [6.07, 6.45) is 6.08. The fourth-order valence-electron chi connectivity index (χ4n) is 2.66. The third-order valence-corrected chi connectivity index (χ3v) is 3.74. The van der Waals surface area contributed by atoms with E-state index >= 15 is 0 Å². The zero-order valence-electron chi connectivity index (χ0n) is 14.4. The predicted molar refractivity (Wildman–Crippen MR) is 89.3 cm³/mol. The van der Waals surface area contributed by atoms with Gasteiger partial charge in [0.05, 0.1) is 6.61 Å². The van der Waals surface area contributed by atoms with Crippen LogP contribution >= 0.6 is 0 Å². The molecule has 0 saturated carbocycles. The van der Waals surface area contributed by atoms with Crippen molar-refractivity contribution in [3.8, 4) is 6.07 Å². The summed E-state index contributed by atoms with van der Waals surface area (Å²) >= 11 is 0. The minimum atomic E-state index is -0.599. The number of aliphatic hydroxyl groups is 1. The van der Waals surface area contributed by atoms with Gasteiger partial charge in [-0.2, -0.15) is 5.26 Å². The highest BCUT2D eigenvalue weighted by Gasteiger charge is 2.29. The number of unbranched alkanes of at least 4 members (excludes halogenated alkanes) is 1. The van der Waals surface area contributed by atoms with Crippen LogP contribution in [-0.2, 0) is 9.53 Å². The van der Waals surface area contributed by atoms with E-state index in [0.29, 0.717) is 12.8 Å². The monoisotopic (exact) mass is 320 g/mol. The molecule has 0 aliphatic heterocycles. The number of nitrogens with zero attached hydrogens (tertiary/aromatic N) is 1. The Hall–Kier alpha value is -1.80. The molecule has 5 heteroatoms. The Morgan fingerprint density at radius 2 is 2.17 bits per heavy atom. The predicted octanol–water partition coefficient (Wildman–Crippen LogP) is 2.83. The lowest BCUT2D eigenvalue weighted by atomic mass is 9.76. The fraction of sp³-hybridized carbons (Fsp3) is 0.667. The molecule has 128 valence electrons. The van der Waals surface area contributed by atoms with Crippen molar-refractivity contribution in [2.45, 2.75) is 52.9 Å². The highest BCUT2D eigenvalue weighted by Crippen LogP contribution is 2.38. The molecule has 0 bridgehead atoms. The van der Waals surface area contributed by atoms with Gasteiger partial charge in [-0.15, -0.1) is 0 Å². The smallest absolute Gasteiger partial charge is 0.349 e. The molecule has 1 aliphatic rings. The molecule has 0 unspecified atom stereocenters. The Kier molecular flexibility index (Phi) is 7.84. The maximum Gasteiger partial charge on any atom is 0.349 e. The molecular weight excluding hydrogens is 292 g/mol. The van der Waals surface area contributed by atoms with Crippen LogP contribution in [0.2, 0.25) is 0 Å². The molecule has 0 fully saturated rings. The molecule has 0 atom stereocenters. The van der Waals surface area contributed by atoms with Crippen molar-refractivity contribution in [3.05, 3.63) is 22.9 Å². The number of nitriles is 1. The summed E-state index contributed by atoms with van der Waals surface area (Å²) in [7, 11) is 0. The number of carbonyl (C=O) groups is 1. The van der Waals surface area contributed by atoms with Gasteiger partial charge in [-0.3, -0.25) is 0 Å². The molecule has 23 heavy (non-hydrogen) atoms. The summed E-state index contributed by atoms with van der Waals surface area (Å²) in [5.41, 5.74) is 1.87. The van der Waals surface area contributed by atoms with Crippen molar-refractivity contribution >= 4 is 5.97 Å². The fourth-order valence-corrected chi connectivity index (χ4v) is 2.66. The van der Waals surface area contributed by atoms with E-state index in [-0.39, 0.29) is 24.2 Å². The van der Waals surface area contributed by atoms with E-state index in [9.17, 15) is 10.1 Å². The Morgan fingerprint density at radius 3 is 2.78 bits per heavy atom. The van der Waals surface area contributed by atoms with Gasteiger partial charge in [0.2, 0.25) is 0 Å². The molecule has 0 aromatic heterocycles. The number of ether oxygens (including phenoxy) is 1. The van der Waals surface area contributed by atoms with Crippen LogP contribution in [0.3, 0.4) is 0 Å². The van der Waals surface area contributed by atoms with Crippen LogP contribution in [-0.4, -0.2) is 30.8 Å². The topological polar surface area (TPSA) is 82.4 Å². The summed E-state index contributed by atoms with van der Waals surface area (Å²) in [4.78, 5) is 12.1. The second kappa shape index (κ2) is 9.36. The second-order valence-corrected chi connectivity index (χ2v) is 6.69. The largest absolute Gasteiger partial charge is 0.461 e. The Bertz CT molecular complexity index is 513. The van der Waals surface area contributed by atoms with Crippen LogP contribution in [0, 0.1) is 16.7 Å². The van der Waals surface area contributed by atoms with E-state index in [1.807, 2.05) is 12.1 Å². The van der Waals surface area contributed by atoms with Gasteiger partial charge < -0.3 is 15.2 Å². The molecule has 0 aromatic carbocycles. The van der Waals surface area contributed by atoms with Crippen molar-refractivity contribution in [2.75, 3.05) is 19.8 Å². The van der Waals surface area contributed by atoms with Crippen LogP contribution in [0.4, 0.5) is 0 Å². The average Bonchev–Trinajstić information content (AvgIpc) is 2.47. The third kappa shape index (κ3) is 6.45. The number of hydrogen-bond donors (Lipinski definition) is 2. The Morgan fingerprint density at radius 1 is 1.43 bits per heavy atom. The Balaban J connectivity index is 2.95. The van der Waals surface area contributed by atoms with E-state index in [1.165, 1.54) is 0 Å². The minimum Gasteiger partial charge on any atom is -0.461 e. The van der Waals surface area contributed by atoms with Gasteiger partial charge in [0.1, 0.15) is 11.6 Å². The number of rotatable bonds is 8. The van der Waals surface area contributed by atoms with Gasteiger partial charge in [0.25, 0.3) is 0 Å². The summed E-state index contributed by atoms with van der Waals surface area (Å²) < 4.78 is 5.06. The lowest BCUT2D eigenvalue weighted by molar-refractivity contribution is -0.138. The first-order valence-corrected chi connectivity index (χ1v) is 8.29. The van der Waals surface area contributed by atoms with Crippen LogP contribution in [0.1, 0.15) is 52.9 Å². The number of esters is 1. The van der Waals surface area contributed by atoms with Crippen LogP contribution < -0.4 is 5.32 Å². The van der Waals surface area contributed by atoms with Gasteiger partial charge in [-0.1, -0.05) is 27.2 Å². The number of carbonyl (C=O) groups excluding carboxylic acids is 1. The van der Waals surface area contributed by atoms with Gasteiger partial charge >= 0.3 is 5.97 Å². The molecule has 1 aliphatic carbocycles. The second-order valence-electron chi connectivity index (χ2n) is 6.69. The number of allylic oxidation sites excluding steroid dienone is 3. The maximum atomic E-state index is 12.1. The van der Waals surface area contributed by atoms with Gasteiger partial charge in [-0.05, 0) is 36.3 Å². The van der Waals surface area contributed by atoms with E-state index in [1.54, 1.807) is 0 Å². The summed E-state index contributed by atoms with van der Waals surface area (Å²) in [6.45, 7) is 7.39. The average molecular weight is 320 g/mol. The third-order valence-electron chi connectivity index (χ3n) is 3.74. The summed E-state index contributed by atoms with van der Waals surface area (Å²) in [5.74, 6) is -0.599.